The van der Waals surface area contributed by atoms with E-state index < -0.39 is 0 Å². The molecule has 1 aromatic carbocycles. The van der Waals surface area contributed by atoms with Crippen molar-refractivity contribution in [3.63, 3.8) is 0 Å². The second kappa shape index (κ2) is 8.00. The molecule has 5 nitrogen and oxygen atoms in total. The fourth-order valence-corrected chi connectivity index (χ4v) is 1.95. The molecule has 0 heterocycles. The van der Waals surface area contributed by atoms with Gasteiger partial charge in [0.15, 0.2) is 0 Å². The van der Waals surface area contributed by atoms with Gasteiger partial charge in [-0.15, -0.1) is 0 Å². The summed E-state index contributed by atoms with van der Waals surface area (Å²) in [6, 6.07) is 5.34. The molecule has 0 bridgehead atoms. The third-order valence-corrected chi connectivity index (χ3v) is 3.55. The molecule has 6 heteroatoms. The first-order chi connectivity index (χ1) is 9.81. The van der Waals surface area contributed by atoms with Crippen LogP contribution in [-0.2, 0) is 9.59 Å². The van der Waals surface area contributed by atoms with Crippen LogP contribution in [0.5, 0.6) is 0 Å². The smallest absolute Gasteiger partial charge is 0.244 e. The first-order valence-corrected chi connectivity index (χ1v) is 7.14. The Balaban J connectivity index is 2.65. The maximum atomic E-state index is 12.1. The van der Waals surface area contributed by atoms with E-state index in [4.69, 9.17) is 11.6 Å². The number of carbonyl (C=O) groups excluding carboxylic acids is 2. The van der Waals surface area contributed by atoms with Gasteiger partial charge >= 0.3 is 0 Å². The van der Waals surface area contributed by atoms with Crippen molar-refractivity contribution in [1.29, 1.82) is 0 Å². The number of hydrogen-bond acceptors (Lipinski definition) is 3. The Kier molecular flexibility index (Phi) is 6.65. The van der Waals surface area contributed by atoms with Gasteiger partial charge in [-0.05, 0) is 38.7 Å². The number of nitrogens with one attached hydrogen (secondary N) is 1. The molecule has 1 aromatic rings. The van der Waals surface area contributed by atoms with Crippen LogP contribution < -0.4 is 5.32 Å². The normalized spacial score (nSPS) is 10.6. The number of hydrogen-bond donors (Lipinski definition) is 1. The molecule has 0 aliphatic heterocycles. The fourth-order valence-electron chi connectivity index (χ4n) is 1.77. The summed E-state index contributed by atoms with van der Waals surface area (Å²) in [5, 5.41) is 3.39. The van der Waals surface area contributed by atoms with Crippen molar-refractivity contribution in [2.75, 3.05) is 39.0 Å². The van der Waals surface area contributed by atoms with Gasteiger partial charge in [-0.2, -0.15) is 0 Å². The molecule has 0 aromatic heterocycles. The lowest BCUT2D eigenvalue weighted by Crippen LogP contribution is -2.40. The van der Waals surface area contributed by atoms with Crippen LogP contribution in [0, 0.1) is 6.92 Å². The van der Waals surface area contributed by atoms with Crippen LogP contribution in [0.3, 0.4) is 0 Å². The monoisotopic (exact) mass is 311 g/mol. The van der Waals surface area contributed by atoms with Crippen LogP contribution in [-0.4, -0.2) is 55.3 Å². The highest BCUT2D eigenvalue weighted by molar-refractivity contribution is 6.31. The van der Waals surface area contributed by atoms with E-state index in [1.54, 1.807) is 18.2 Å². The molecule has 0 unspecified atom stereocenters. The van der Waals surface area contributed by atoms with Crippen molar-refractivity contribution >= 4 is 29.1 Å². The van der Waals surface area contributed by atoms with Gasteiger partial charge in [-0.25, -0.2) is 0 Å². The molecule has 1 N–H and O–H groups in total. The molecule has 0 aliphatic rings. The van der Waals surface area contributed by atoms with Crippen molar-refractivity contribution in [2.45, 2.75) is 13.8 Å². The molecule has 21 heavy (non-hydrogen) atoms. The van der Waals surface area contributed by atoms with Gasteiger partial charge in [0.25, 0.3) is 0 Å². The van der Waals surface area contributed by atoms with Gasteiger partial charge in [0.1, 0.15) is 0 Å². The highest BCUT2D eigenvalue weighted by atomic mass is 35.5. The molecule has 116 valence electrons. The van der Waals surface area contributed by atoms with Crippen LogP contribution in [0.15, 0.2) is 18.2 Å². The molecule has 1 rings (SSSR count). The first-order valence-electron chi connectivity index (χ1n) is 6.76. The lowest BCUT2D eigenvalue weighted by molar-refractivity contribution is -0.132. The van der Waals surface area contributed by atoms with Crippen molar-refractivity contribution in [1.82, 2.24) is 9.80 Å². The Morgan fingerprint density at radius 2 is 1.90 bits per heavy atom. The summed E-state index contributed by atoms with van der Waals surface area (Å²) in [5.74, 6) is -0.343. The van der Waals surface area contributed by atoms with E-state index in [-0.39, 0.29) is 18.4 Å². The average molecular weight is 312 g/mol. The number of likely N-dealkylation sites (N-methyl/N-ethyl adjacent to an activating group) is 1. The minimum absolute atomic E-state index is 0.0368. The number of benzene rings is 1. The first kappa shape index (κ1) is 17.5. The number of halogens is 1. The van der Waals surface area contributed by atoms with E-state index in [0.29, 0.717) is 23.8 Å². The standard InChI is InChI=1S/C15H22ClN3O2/c1-11-13(16)6-5-7-14(11)17-15(21)10-19(12(2)20)9-8-18(3)4/h5-7H,8-10H2,1-4H3,(H,17,21). The number of carbonyl (C=O) groups is 2. The third kappa shape index (κ3) is 5.73. The van der Waals surface area contributed by atoms with Crippen LogP contribution in [0.1, 0.15) is 12.5 Å². The zero-order valence-corrected chi connectivity index (χ0v) is 13.7. The predicted octanol–water partition coefficient (Wildman–Crippen LogP) is 2.00. The summed E-state index contributed by atoms with van der Waals surface area (Å²) in [4.78, 5) is 27.1. The van der Waals surface area contributed by atoms with E-state index in [1.165, 1.54) is 11.8 Å². The Morgan fingerprint density at radius 1 is 1.24 bits per heavy atom. The number of amides is 2. The molecular formula is C15H22ClN3O2. The Bertz CT molecular complexity index is 518. The van der Waals surface area contributed by atoms with Gasteiger partial charge in [0.2, 0.25) is 11.8 Å². The van der Waals surface area contributed by atoms with Crippen molar-refractivity contribution < 1.29 is 9.59 Å². The lowest BCUT2D eigenvalue weighted by Gasteiger charge is -2.22. The Morgan fingerprint density at radius 3 is 2.48 bits per heavy atom. The van der Waals surface area contributed by atoms with Gasteiger partial charge in [-0.1, -0.05) is 17.7 Å². The van der Waals surface area contributed by atoms with Crippen molar-refractivity contribution in [2.24, 2.45) is 0 Å². The summed E-state index contributed by atoms with van der Waals surface area (Å²) in [6.45, 7) is 4.57. The SMILES string of the molecule is CC(=O)N(CCN(C)C)CC(=O)Nc1cccc(Cl)c1C. The topological polar surface area (TPSA) is 52.7 Å². The molecule has 0 saturated heterocycles. The molecule has 0 atom stereocenters. The quantitative estimate of drug-likeness (QED) is 0.874. The fraction of sp³-hybridized carbons (Fsp3) is 0.467. The predicted molar refractivity (Wildman–Crippen MR) is 85.6 cm³/mol. The largest absolute Gasteiger partial charge is 0.332 e. The molecular weight excluding hydrogens is 290 g/mol. The summed E-state index contributed by atoms with van der Waals surface area (Å²) in [6.07, 6.45) is 0. The summed E-state index contributed by atoms with van der Waals surface area (Å²) in [7, 11) is 3.85. The number of rotatable bonds is 6. The minimum atomic E-state index is -0.227. The van der Waals surface area contributed by atoms with E-state index in [1.807, 2.05) is 25.9 Å². The second-order valence-corrected chi connectivity index (χ2v) is 5.61. The maximum Gasteiger partial charge on any atom is 0.244 e. The number of anilines is 1. The maximum absolute atomic E-state index is 12.1. The average Bonchev–Trinajstić information content (AvgIpc) is 2.39. The minimum Gasteiger partial charge on any atom is -0.332 e. The van der Waals surface area contributed by atoms with Gasteiger partial charge in [0.05, 0.1) is 6.54 Å². The third-order valence-electron chi connectivity index (χ3n) is 3.14. The second-order valence-electron chi connectivity index (χ2n) is 5.20. The summed E-state index contributed by atoms with van der Waals surface area (Å²) >= 11 is 6.02. The summed E-state index contributed by atoms with van der Waals surface area (Å²) in [5.41, 5.74) is 1.48. The van der Waals surface area contributed by atoms with E-state index >= 15 is 0 Å². The highest BCUT2D eigenvalue weighted by Gasteiger charge is 2.14. The highest BCUT2D eigenvalue weighted by Crippen LogP contribution is 2.22. The van der Waals surface area contributed by atoms with Crippen LogP contribution in [0.25, 0.3) is 0 Å². The van der Waals surface area contributed by atoms with E-state index in [0.717, 1.165) is 5.56 Å². The molecule has 0 fully saturated rings. The van der Waals surface area contributed by atoms with Gasteiger partial charge < -0.3 is 15.1 Å². The molecule has 0 radical (unpaired) electrons. The number of nitrogens with zero attached hydrogens (tertiary/aromatic N) is 2. The van der Waals surface area contributed by atoms with Crippen LogP contribution >= 0.6 is 11.6 Å². The Labute approximate surface area is 130 Å². The molecule has 0 saturated carbocycles. The van der Waals surface area contributed by atoms with E-state index in [2.05, 4.69) is 5.32 Å². The van der Waals surface area contributed by atoms with Gasteiger partial charge in [0, 0.05) is 30.7 Å². The Hall–Kier alpha value is -1.59. The van der Waals surface area contributed by atoms with Crippen molar-refractivity contribution in [3.05, 3.63) is 28.8 Å². The molecule has 0 spiro atoms. The van der Waals surface area contributed by atoms with Crippen molar-refractivity contribution in [3.8, 4) is 0 Å². The zero-order valence-electron chi connectivity index (χ0n) is 12.9. The lowest BCUT2D eigenvalue weighted by atomic mass is 10.2. The van der Waals surface area contributed by atoms with E-state index in [9.17, 15) is 9.59 Å². The van der Waals surface area contributed by atoms with Gasteiger partial charge in [-0.3, -0.25) is 9.59 Å². The van der Waals surface area contributed by atoms with Crippen LogP contribution in [0.2, 0.25) is 5.02 Å². The summed E-state index contributed by atoms with van der Waals surface area (Å²) < 4.78 is 0. The molecule has 2 amide bonds. The van der Waals surface area contributed by atoms with Crippen LogP contribution in [0.4, 0.5) is 5.69 Å². The zero-order chi connectivity index (χ0) is 16.0. The molecule has 0 aliphatic carbocycles.